The minimum absolute atomic E-state index is 0.636. The van der Waals surface area contributed by atoms with E-state index in [1.54, 1.807) is 18.2 Å². The van der Waals surface area contributed by atoms with Gasteiger partial charge in [-0.15, -0.1) is 0 Å². The largest absolute Gasteiger partial charge is 0.385 e. The average molecular weight is 184 g/mol. The molecule has 0 heterocycles. The van der Waals surface area contributed by atoms with Crippen LogP contribution < -0.4 is 5.32 Å². The highest BCUT2D eigenvalue weighted by Crippen LogP contribution is 2.19. The van der Waals surface area contributed by atoms with Gasteiger partial charge in [0.15, 0.2) is 6.29 Å². The highest BCUT2D eigenvalue weighted by atomic mass is 35.5. The maximum absolute atomic E-state index is 10.5. The van der Waals surface area contributed by atoms with Crippen molar-refractivity contribution in [1.29, 1.82) is 0 Å². The van der Waals surface area contributed by atoms with E-state index in [2.05, 4.69) is 5.32 Å². The van der Waals surface area contributed by atoms with E-state index < -0.39 is 0 Å². The van der Waals surface area contributed by atoms with Crippen molar-refractivity contribution in [2.45, 2.75) is 6.92 Å². The first kappa shape index (κ1) is 9.07. The Morgan fingerprint density at radius 1 is 1.58 bits per heavy atom. The fraction of sp³-hybridized carbons (Fsp3) is 0.222. The molecular formula is C9H10ClNO. The monoisotopic (exact) mass is 183 g/mol. The topological polar surface area (TPSA) is 29.1 Å². The third-order valence-corrected chi connectivity index (χ3v) is 1.74. The van der Waals surface area contributed by atoms with E-state index in [1.165, 1.54) is 0 Å². The normalized spacial score (nSPS) is 9.50. The molecule has 0 aliphatic carbocycles. The summed E-state index contributed by atoms with van der Waals surface area (Å²) in [7, 11) is 0. The van der Waals surface area contributed by atoms with Crippen molar-refractivity contribution >= 4 is 23.6 Å². The Morgan fingerprint density at radius 2 is 2.33 bits per heavy atom. The molecule has 3 heteroatoms. The van der Waals surface area contributed by atoms with Gasteiger partial charge < -0.3 is 5.32 Å². The lowest BCUT2D eigenvalue weighted by atomic mass is 10.2. The summed E-state index contributed by atoms with van der Waals surface area (Å²) in [4.78, 5) is 10.5. The van der Waals surface area contributed by atoms with Gasteiger partial charge in [-0.3, -0.25) is 4.79 Å². The molecule has 0 atom stereocenters. The molecule has 12 heavy (non-hydrogen) atoms. The number of aldehydes is 1. The van der Waals surface area contributed by atoms with E-state index in [9.17, 15) is 4.79 Å². The molecule has 0 unspecified atom stereocenters. The van der Waals surface area contributed by atoms with Crippen LogP contribution in [0.3, 0.4) is 0 Å². The number of benzene rings is 1. The number of carbonyl (C=O) groups is 1. The van der Waals surface area contributed by atoms with Crippen LogP contribution in [0.2, 0.25) is 5.02 Å². The second kappa shape index (κ2) is 4.12. The van der Waals surface area contributed by atoms with E-state index in [1.807, 2.05) is 6.92 Å². The molecular weight excluding hydrogens is 174 g/mol. The maximum Gasteiger partial charge on any atom is 0.152 e. The van der Waals surface area contributed by atoms with Gasteiger partial charge in [-0.25, -0.2) is 0 Å². The van der Waals surface area contributed by atoms with Crippen LogP contribution in [0, 0.1) is 0 Å². The van der Waals surface area contributed by atoms with Crippen LogP contribution in [-0.2, 0) is 0 Å². The Hall–Kier alpha value is -1.02. The number of hydrogen-bond acceptors (Lipinski definition) is 2. The fourth-order valence-corrected chi connectivity index (χ4v) is 1.15. The summed E-state index contributed by atoms with van der Waals surface area (Å²) in [5.41, 5.74) is 1.43. The van der Waals surface area contributed by atoms with Gasteiger partial charge in [0, 0.05) is 22.8 Å². The van der Waals surface area contributed by atoms with Gasteiger partial charge in [-0.1, -0.05) is 11.6 Å². The van der Waals surface area contributed by atoms with Crippen molar-refractivity contribution in [3.05, 3.63) is 28.8 Å². The van der Waals surface area contributed by atoms with E-state index in [0.29, 0.717) is 10.6 Å². The van der Waals surface area contributed by atoms with E-state index in [4.69, 9.17) is 11.6 Å². The van der Waals surface area contributed by atoms with E-state index in [-0.39, 0.29) is 0 Å². The summed E-state index contributed by atoms with van der Waals surface area (Å²) in [5, 5.41) is 3.69. The third kappa shape index (κ3) is 1.98. The Kier molecular flexibility index (Phi) is 3.11. The number of nitrogens with one attached hydrogen (secondary N) is 1. The molecule has 1 N–H and O–H groups in total. The molecule has 0 amide bonds. The Balaban J connectivity index is 3.03. The van der Waals surface area contributed by atoms with E-state index in [0.717, 1.165) is 18.5 Å². The smallest absolute Gasteiger partial charge is 0.152 e. The number of halogens is 1. The molecule has 1 aromatic rings. The second-order valence-electron chi connectivity index (χ2n) is 2.38. The van der Waals surface area contributed by atoms with Gasteiger partial charge in [-0.05, 0) is 25.1 Å². The third-order valence-electron chi connectivity index (χ3n) is 1.51. The standard InChI is InChI=1S/C9H10ClNO/c1-2-11-9-5-8(10)4-3-7(9)6-12/h3-6,11H,2H2,1H3. The molecule has 0 fully saturated rings. The van der Waals surface area contributed by atoms with Gasteiger partial charge in [0.2, 0.25) is 0 Å². The van der Waals surface area contributed by atoms with Gasteiger partial charge in [0.05, 0.1) is 0 Å². The highest BCUT2D eigenvalue weighted by Gasteiger charge is 1.99. The molecule has 0 spiro atoms. The lowest BCUT2D eigenvalue weighted by Gasteiger charge is -2.05. The number of carbonyl (C=O) groups excluding carboxylic acids is 1. The molecule has 1 rings (SSSR count). The SMILES string of the molecule is CCNc1cc(Cl)ccc1C=O. The zero-order valence-electron chi connectivity index (χ0n) is 6.80. The average Bonchev–Trinajstić information content (AvgIpc) is 2.05. The number of anilines is 1. The maximum atomic E-state index is 10.5. The molecule has 64 valence electrons. The van der Waals surface area contributed by atoms with Crippen molar-refractivity contribution in [1.82, 2.24) is 0 Å². The summed E-state index contributed by atoms with van der Waals surface area (Å²) >= 11 is 5.75. The number of rotatable bonds is 3. The minimum Gasteiger partial charge on any atom is -0.385 e. The van der Waals surface area contributed by atoms with Crippen LogP contribution in [0.25, 0.3) is 0 Å². The van der Waals surface area contributed by atoms with Crippen LogP contribution in [0.4, 0.5) is 5.69 Å². The quantitative estimate of drug-likeness (QED) is 0.730. The van der Waals surface area contributed by atoms with E-state index >= 15 is 0 Å². The zero-order valence-corrected chi connectivity index (χ0v) is 7.56. The fourth-order valence-electron chi connectivity index (χ4n) is 0.975. The first-order chi connectivity index (χ1) is 5.77. The predicted molar refractivity (Wildman–Crippen MR) is 51.0 cm³/mol. The second-order valence-corrected chi connectivity index (χ2v) is 2.82. The Morgan fingerprint density at radius 3 is 2.92 bits per heavy atom. The van der Waals surface area contributed by atoms with Gasteiger partial charge in [0.25, 0.3) is 0 Å². The zero-order chi connectivity index (χ0) is 8.97. The molecule has 1 aromatic carbocycles. The minimum atomic E-state index is 0.636. The Labute approximate surface area is 76.5 Å². The van der Waals surface area contributed by atoms with Crippen molar-refractivity contribution in [2.75, 3.05) is 11.9 Å². The van der Waals surface area contributed by atoms with Crippen LogP contribution in [-0.4, -0.2) is 12.8 Å². The lowest BCUT2D eigenvalue weighted by Crippen LogP contribution is -1.99. The first-order valence-corrected chi connectivity index (χ1v) is 4.14. The summed E-state index contributed by atoms with van der Waals surface area (Å²) in [6.45, 7) is 2.75. The van der Waals surface area contributed by atoms with Crippen LogP contribution in [0.5, 0.6) is 0 Å². The molecule has 2 nitrogen and oxygen atoms in total. The highest BCUT2D eigenvalue weighted by molar-refractivity contribution is 6.31. The molecule has 0 saturated carbocycles. The summed E-state index contributed by atoms with van der Waals surface area (Å²) in [6.07, 6.45) is 0.814. The van der Waals surface area contributed by atoms with Crippen molar-refractivity contribution in [3.8, 4) is 0 Å². The first-order valence-electron chi connectivity index (χ1n) is 3.76. The summed E-state index contributed by atoms with van der Waals surface area (Å²) in [5.74, 6) is 0. The number of hydrogen-bond donors (Lipinski definition) is 1. The van der Waals surface area contributed by atoms with Crippen LogP contribution in [0.15, 0.2) is 18.2 Å². The van der Waals surface area contributed by atoms with Crippen molar-refractivity contribution in [3.63, 3.8) is 0 Å². The van der Waals surface area contributed by atoms with Crippen molar-refractivity contribution in [2.24, 2.45) is 0 Å². The predicted octanol–water partition coefficient (Wildman–Crippen LogP) is 2.58. The van der Waals surface area contributed by atoms with Crippen LogP contribution in [0.1, 0.15) is 17.3 Å². The molecule has 0 aromatic heterocycles. The van der Waals surface area contributed by atoms with Crippen molar-refractivity contribution < 1.29 is 4.79 Å². The van der Waals surface area contributed by atoms with Gasteiger partial charge in [0.1, 0.15) is 0 Å². The molecule has 0 bridgehead atoms. The molecule has 0 aliphatic rings. The molecule has 0 radical (unpaired) electrons. The molecule has 0 aliphatic heterocycles. The summed E-state index contributed by atoms with van der Waals surface area (Å²) < 4.78 is 0. The van der Waals surface area contributed by atoms with Gasteiger partial charge in [-0.2, -0.15) is 0 Å². The van der Waals surface area contributed by atoms with Gasteiger partial charge >= 0.3 is 0 Å². The lowest BCUT2D eigenvalue weighted by molar-refractivity contribution is 0.112. The molecule has 0 saturated heterocycles. The van der Waals surface area contributed by atoms with Crippen LogP contribution >= 0.6 is 11.6 Å². The summed E-state index contributed by atoms with van der Waals surface area (Å²) in [6, 6.07) is 5.15. The Bertz CT molecular complexity index is 286.